The van der Waals surface area contributed by atoms with Gasteiger partial charge >= 0.3 is 6.18 Å². The number of halogens is 3. The van der Waals surface area contributed by atoms with E-state index in [1.54, 1.807) is 23.6 Å². The minimum atomic E-state index is -4.51. The Kier molecular flexibility index (Phi) is 5.22. The molecule has 3 aromatic rings. The van der Waals surface area contributed by atoms with Gasteiger partial charge in [-0.2, -0.15) is 13.2 Å². The van der Waals surface area contributed by atoms with Gasteiger partial charge in [-0.25, -0.2) is 4.98 Å². The third-order valence-electron chi connectivity index (χ3n) is 3.83. The van der Waals surface area contributed by atoms with Crippen LogP contribution in [0.25, 0.3) is 10.6 Å². The summed E-state index contributed by atoms with van der Waals surface area (Å²) in [6, 6.07) is 6.99. The average molecular weight is 396 g/mol. The van der Waals surface area contributed by atoms with Crippen LogP contribution >= 0.6 is 11.3 Å². The summed E-state index contributed by atoms with van der Waals surface area (Å²) in [5.41, 5.74) is -0.132. The van der Waals surface area contributed by atoms with Gasteiger partial charge in [-0.05, 0) is 24.3 Å². The molecule has 0 unspecified atom stereocenters. The lowest BCUT2D eigenvalue weighted by Crippen LogP contribution is -2.22. The van der Waals surface area contributed by atoms with Crippen LogP contribution in [0, 0.1) is 0 Å². The standard InChI is InChI=1S/C18H15F3N2O3S/c1-25-14-5-3-11(7-15(14)26-2)17-22-13(10-27-17)9-23-8-12(18(19,20)21)4-6-16(23)24/h3-8,10H,9H2,1-2H3. The Balaban J connectivity index is 1.88. The van der Waals surface area contributed by atoms with Gasteiger partial charge in [0.25, 0.3) is 5.56 Å². The summed E-state index contributed by atoms with van der Waals surface area (Å²) in [7, 11) is 3.06. The molecular weight excluding hydrogens is 381 g/mol. The number of rotatable bonds is 5. The Bertz CT molecular complexity index is 1010. The van der Waals surface area contributed by atoms with Gasteiger partial charge in [0.05, 0.1) is 32.0 Å². The van der Waals surface area contributed by atoms with E-state index in [1.165, 1.54) is 25.6 Å². The number of aromatic nitrogens is 2. The fraction of sp³-hybridized carbons (Fsp3) is 0.222. The quantitative estimate of drug-likeness (QED) is 0.653. The zero-order valence-corrected chi connectivity index (χ0v) is 15.2. The number of benzene rings is 1. The first kappa shape index (κ1) is 19.0. The van der Waals surface area contributed by atoms with Crippen LogP contribution < -0.4 is 15.0 Å². The van der Waals surface area contributed by atoms with Crippen LogP contribution in [-0.2, 0) is 12.7 Å². The highest BCUT2D eigenvalue weighted by atomic mass is 32.1. The van der Waals surface area contributed by atoms with E-state index in [-0.39, 0.29) is 6.54 Å². The van der Waals surface area contributed by atoms with Gasteiger partial charge < -0.3 is 14.0 Å². The van der Waals surface area contributed by atoms with Crippen molar-refractivity contribution in [2.24, 2.45) is 0 Å². The number of pyridine rings is 1. The lowest BCUT2D eigenvalue weighted by molar-refractivity contribution is -0.138. The lowest BCUT2D eigenvalue weighted by atomic mass is 10.2. The second-order valence-corrected chi connectivity index (χ2v) is 6.45. The van der Waals surface area contributed by atoms with E-state index in [2.05, 4.69) is 4.98 Å². The van der Waals surface area contributed by atoms with Crippen LogP contribution in [0.3, 0.4) is 0 Å². The highest BCUT2D eigenvalue weighted by molar-refractivity contribution is 7.13. The van der Waals surface area contributed by atoms with Crippen molar-refractivity contribution in [1.82, 2.24) is 9.55 Å². The molecule has 27 heavy (non-hydrogen) atoms. The molecular formula is C18H15F3N2O3S. The predicted molar refractivity (Wildman–Crippen MR) is 95.5 cm³/mol. The smallest absolute Gasteiger partial charge is 0.417 e. The largest absolute Gasteiger partial charge is 0.493 e. The Hall–Kier alpha value is -2.81. The predicted octanol–water partition coefficient (Wildman–Crippen LogP) is 4.06. The Morgan fingerprint density at radius 3 is 2.52 bits per heavy atom. The summed E-state index contributed by atoms with van der Waals surface area (Å²) in [5, 5.41) is 2.37. The van der Waals surface area contributed by atoms with Crippen molar-refractivity contribution in [1.29, 1.82) is 0 Å². The molecule has 0 bridgehead atoms. The van der Waals surface area contributed by atoms with E-state index in [1.807, 2.05) is 0 Å². The second-order valence-electron chi connectivity index (χ2n) is 5.60. The van der Waals surface area contributed by atoms with E-state index >= 15 is 0 Å². The first-order valence-electron chi connectivity index (χ1n) is 7.76. The molecule has 5 nitrogen and oxygen atoms in total. The van der Waals surface area contributed by atoms with Crippen molar-refractivity contribution in [3.63, 3.8) is 0 Å². The molecule has 0 spiro atoms. The zero-order chi connectivity index (χ0) is 19.6. The fourth-order valence-corrected chi connectivity index (χ4v) is 3.29. The molecule has 9 heteroatoms. The molecule has 2 aromatic heterocycles. The SMILES string of the molecule is COc1ccc(-c2nc(Cn3cc(C(F)(F)F)ccc3=O)cs2)cc1OC. The molecule has 0 saturated heterocycles. The number of nitrogens with zero attached hydrogens (tertiary/aromatic N) is 2. The van der Waals surface area contributed by atoms with Gasteiger partial charge in [0.15, 0.2) is 11.5 Å². The first-order valence-corrected chi connectivity index (χ1v) is 8.64. The number of methoxy groups -OCH3 is 2. The molecule has 0 saturated carbocycles. The summed E-state index contributed by atoms with van der Waals surface area (Å²) in [5.74, 6) is 1.12. The third-order valence-corrected chi connectivity index (χ3v) is 4.77. The Labute approximate surface area is 156 Å². The summed E-state index contributed by atoms with van der Waals surface area (Å²) >= 11 is 1.33. The first-order chi connectivity index (χ1) is 12.8. The maximum Gasteiger partial charge on any atom is 0.417 e. The van der Waals surface area contributed by atoms with Gasteiger partial charge in [-0.3, -0.25) is 4.79 Å². The van der Waals surface area contributed by atoms with Crippen LogP contribution in [0.15, 0.2) is 46.7 Å². The minimum Gasteiger partial charge on any atom is -0.493 e. The van der Waals surface area contributed by atoms with E-state index in [0.717, 1.165) is 28.5 Å². The number of alkyl halides is 3. The van der Waals surface area contributed by atoms with E-state index < -0.39 is 17.3 Å². The van der Waals surface area contributed by atoms with Crippen molar-refractivity contribution < 1.29 is 22.6 Å². The normalized spacial score (nSPS) is 11.4. The molecule has 0 fully saturated rings. The molecule has 3 rings (SSSR count). The third kappa shape index (κ3) is 4.13. The molecule has 1 aromatic carbocycles. The van der Waals surface area contributed by atoms with Crippen LogP contribution in [0.4, 0.5) is 13.2 Å². The summed E-state index contributed by atoms with van der Waals surface area (Å²) < 4.78 is 50.0. The lowest BCUT2D eigenvalue weighted by Gasteiger charge is -2.09. The summed E-state index contributed by atoms with van der Waals surface area (Å²) in [6.07, 6.45) is -3.71. The number of hydrogen-bond donors (Lipinski definition) is 0. The highest BCUT2D eigenvalue weighted by Crippen LogP contribution is 2.33. The van der Waals surface area contributed by atoms with E-state index in [4.69, 9.17) is 9.47 Å². The van der Waals surface area contributed by atoms with Crippen LogP contribution in [0.5, 0.6) is 11.5 Å². The summed E-state index contributed by atoms with van der Waals surface area (Å²) in [4.78, 5) is 16.3. The second kappa shape index (κ2) is 7.43. The van der Waals surface area contributed by atoms with Crippen LogP contribution in [0.1, 0.15) is 11.3 Å². The van der Waals surface area contributed by atoms with Crippen molar-refractivity contribution in [2.45, 2.75) is 12.7 Å². The number of hydrogen-bond acceptors (Lipinski definition) is 5. The topological polar surface area (TPSA) is 53.4 Å². The van der Waals surface area contributed by atoms with Gasteiger partial charge in [0.1, 0.15) is 5.01 Å². The Morgan fingerprint density at radius 2 is 1.85 bits per heavy atom. The van der Waals surface area contributed by atoms with Crippen molar-refractivity contribution in [2.75, 3.05) is 14.2 Å². The van der Waals surface area contributed by atoms with Crippen LogP contribution in [0.2, 0.25) is 0 Å². The fourth-order valence-electron chi connectivity index (χ4n) is 2.48. The number of ether oxygens (including phenoxy) is 2. The monoisotopic (exact) mass is 396 g/mol. The molecule has 2 heterocycles. The van der Waals surface area contributed by atoms with E-state index in [0.29, 0.717) is 22.2 Å². The van der Waals surface area contributed by atoms with Gasteiger partial charge in [0, 0.05) is 23.2 Å². The molecule has 0 aliphatic rings. The summed E-state index contributed by atoms with van der Waals surface area (Å²) in [6.45, 7) is -0.0491. The van der Waals surface area contributed by atoms with Gasteiger partial charge in [-0.15, -0.1) is 11.3 Å². The van der Waals surface area contributed by atoms with Crippen molar-refractivity contribution >= 4 is 11.3 Å². The average Bonchev–Trinajstić information content (AvgIpc) is 3.10. The molecule has 0 aliphatic carbocycles. The maximum atomic E-state index is 12.8. The minimum absolute atomic E-state index is 0.0491. The number of thiazole rings is 1. The van der Waals surface area contributed by atoms with E-state index in [9.17, 15) is 18.0 Å². The maximum absolute atomic E-state index is 12.8. The zero-order valence-electron chi connectivity index (χ0n) is 14.4. The van der Waals surface area contributed by atoms with Gasteiger partial charge in [0.2, 0.25) is 0 Å². The molecule has 142 valence electrons. The van der Waals surface area contributed by atoms with Gasteiger partial charge in [-0.1, -0.05) is 0 Å². The van der Waals surface area contributed by atoms with Crippen molar-refractivity contribution in [3.8, 4) is 22.1 Å². The highest BCUT2D eigenvalue weighted by Gasteiger charge is 2.31. The molecule has 0 atom stereocenters. The Morgan fingerprint density at radius 1 is 1.11 bits per heavy atom. The van der Waals surface area contributed by atoms with Crippen LogP contribution in [-0.4, -0.2) is 23.8 Å². The molecule has 0 radical (unpaired) electrons. The van der Waals surface area contributed by atoms with Crippen molar-refractivity contribution in [3.05, 3.63) is 63.5 Å². The molecule has 0 N–H and O–H groups in total. The molecule has 0 aliphatic heterocycles. The molecule has 0 amide bonds.